The summed E-state index contributed by atoms with van der Waals surface area (Å²) in [5, 5.41) is 5.79. The molecule has 2 N–H and O–H groups in total. The van der Waals surface area contributed by atoms with Crippen molar-refractivity contribution in [3.8, 4) is 11.5 Å². The van der Waals surface area contributed by atoms with Gasteiger partial charge in [0.1, 0.15) is 11.5 Å². The van der Waals surface area contributed by atoms with Crippen LogP contribution in [-0.2, 0) is 9.59 Å². The molecule has 2 atom stereocenters. The number of amides is 4. The van der Waals surface area contributed by atoms with E-state index in [0.717, 1.165) is 11.1 Å². The molecule has 2 saturated heterocycles. The maximum atomic E-state index is 13.2. The molecule has 0 saturated carbocycles. The summed E-state index contributed by atoms with van der Waals surface area (Å²) >= 11 is 0. The summed E-state index contributed by atoms with van der Waals surface area (Å²) in [5.74, 6) is 0.500. The van der Waals surface area contributed by atoms with E-state index in [-0.39, 0.29) is 35.7 Å². The molecule has 46 heavy (non-hydrogen) atoms. The molecular formula is C34H36N6O6. The molecule has 6 rings (SSSR count). The van der Waals surface area contributed by atoms with Gasteiger partial charge in [-0.05, 0) is 73.2 Å². The molecule has 4 aliphatic rings. The molecule has 0 bridgehead atoms. The van der Waals surface area contributed by atoms with Crippen molar-refractivity contribution in [2.75, 3.05) is 40.4 Å². The van der Waals surface area contributed by atoms with Crippen molar-refractivity contribution in [2.24, 2.45) is 9.98 Å². The van der Waals surface area contributed by atoms with Gasteiger partial charge in [-0.3, -0.25) is 29.2 Å². The Labute approximate surface area is 266 Å². The first-order valence-corrected chi connectivity index (χ1v) is 15.3. The number of carbonyl (C=O) groups excluding carboxylic acids is 4. The zero-order valence-corrected chi connectivity index (χ0v) is 25.8. The second kappa shape index (κ2) is 13.4. The van der Waals surface area contributed by atoms with Crippen LogP contribution in [0.1, 0.15) is 46.4 Å². The van der Waals surface area contributed by atoms with Crippen molar-refractivity contribution in [1.82, 2.24) is 20.4 Å². The second-order valence-electron chi connectivity index (χ2n) is 11.6. The number of nitrogens with zero attached hydrogens (tertiary/aromatic N) is 4. The van der Waals surface area contributed by atoms with Gasteiger partial charge in [0.15, 0.2) is 0 Å². The first-order valence-electron chi connectivity index (χ1n) is 15.3. The van der Waals surface area contributed by atoms with Gasteiger partial charge in [0, 0.05) is 50.8 Å². The molecule has 0 radical (unpaired) electrons. The van der Waals surface area contributed by atoms with Crippen LogP contribution < -0.4 is 20.1 Å². The average molecular weight is 625 g/mol. The Morgan fingerprint density at radius 3 is 1.61 bits per heavy atom. The Morgan fingerprint density at radius 1 is 0.761 bits per heavy atom. The molecule has 2 aromatic rings. The minimum Gasteiger partial charge on any atom is -0.497 e. The number of aliphatic imine (C=N–C) groups is 2. The van der Waals surface area contributed by atoms with Gasteiger partial charge in [0.05, 0.1) is 48.8 Å². The Bertz CT molecular complexity index is 1570. The minimum atomic E-state index is -0.208. The van der Waals surface area contributed by atoms with E-state index in [4.69, 9.17) is 9.47 Å². The van der Waals surface area contributed by atoms with Gasteiger partial charge in [-0.1, -0.05) is 0 Å². The van der Waals surface area contributed by atoms with Crippen LogP contribution in [0.4, 0.5) is 11.4 Å². The van der Waals surface area contributed by atoms with E-state index in [9.17, 15) is 19.2 Å². The lowest BCUT2D eigenvalue weighted by atomic mass is 10.1. The van der Waals surface area contributed by atoms with Crippen molar-refractivity contribution >= 4 is 47.4 Å². The monoisotopic (exact) mass is 624 g/mol. The topological polar surface area (TPSA) is 142 Å². The van der Waals surface area contributed by atoms with Gasteiger partial charge < -0.3 is 29.9 Å². The molecule has 4 heterocycles. The SMILES string of the molecule is COc1ccc2c(c1)C(=O)N1C/C(=C\C(=O)NCCCCNC(=O)/C=C3/C[C@H]4C=Nc5ccc(OC)cc5C(=O)N4C3)C[C@H]1C=N2. The number of benzene rings is 2. The summed E-state index contributed by atoms with van der Waals surface area (Å²) in [6, 6.07) is 10.1. The predicted molar refractivity (Wildman–Crippen MR) is 173 cm³/mol. The third kappa shape index (κ3) is 6.56. The molecule has 0 unspecified atom stereocenters. The van der Waals surface area contributed by atoms with Gasteiger partial charge in [0.2, 0.25) is 11.8 Å². The van der Waals surface area contributed by atoms with Crippen LogP contribution in [0.5, 0.6) is 11.5 Å². The van der Waals surface area contributed by atoms with Gasteiger partial charge in [-0.2, -0.15) is 0 Å². The fraction of sp³-hybridized carbons (Fsp3) is 0.353. The van der Waals surface area contributed by atoms with Gasteiger partial charge >= 0.3 is 0 Å². The summed E-state index contributed by atoms with van der Waals surface area (Å²) in [5.41, 5.74) is 3.92. The van der Waals surface area contributed by atoms with Crippen LogP contribution >= 0.6 is 0 Å². The summed E-state index contributed by atoms with van der Waals surface area (Å²) in [6.07, 6.45) is 9.15. The molecule has 4 aliphatic heterocycles. The van der Waals surface area contributed by atoms with Crippen molar-refractivity contribution in [3.05, 3.63) is 70.8 Å². The zero-order chi connectivity index (χ0) is 32.2. The Balaban J connectivity index is 0.916. The molecule has 2 fully saturated rings. The van der Waals surface area contributed by atoms with Crippen LogP contribution in [0, 0.1) is 0 Å². The fourth-order valence-electron chi connectivity index (χ4n) is 6.12. The molecule has 0 spiro atoms. The zero-order valence-electron chi connectivity index (χ0n) is 25.8. The summed E-state index contributed by atoms with van der Waals surface area (Å²) in [7, 11) is 3.11. The summed E-state index contributed by atoms with van der Waals surface area (Å²) < 4.78 is 10.5. The van der Waals surface area contributed by atoms with E-state index < -0.39 is 0 Å². The maximum absolute atomic E-state index is 13.2. The highest BCUT2D eigenvalue weighted by molar-refractivity contribution is 6.04. The molecule has 4 amide bonds. The van der Waals surface area contributed by atoms with Gasteiger partial charge in [-0.25, -0.2) is 0 Å². The van der Waals surface area contributed by atoms with Crippen LogP contribution in [0.25, 0.3) is 0 Å². The Morgan fingerprint density at radius 2 is 1.20 bits per heavy atom. The number of ether oxygens (including phenoxy) is 2. The standard InChI is InChI=1S/C34H36N6O6/c1-45-25-5-7-29-27(15-25)33(43)39-19-21(11-23(39)17-37-29)13-31(41)35-9-3-4-10-36-32(42)14-22-12-24-18-38-30-8-6-26(46-2)16-28(30)34(44)40(24)20-22/h5-8,13-18,23-24H,3-4,9-12,19-20H2,1-2H3,(H,35,41)(H,36,42)/b21-13-,22-14-/t23-,24-/m0/s1. The number of nitrogens with one attached hydrogen (secondary N) is 2. The number of carbonyl (C=O) groups is 4. The highest BCUT2D eigenvalue weighted by Gasteiger charge is 2.36. The van der Waals surface area contributed by atoms with Gasteiger partial charge in [-0.15, -0.1) is 0 Å². The molecule has 12 nitrogen and oxygen atoms in total. The average Bonchev–Trinajstić information content (AvgIpc) is 3.60. The lowest BCUT2D eigenvalue weighted by molar-refractivity contribution is -0.117. The van der Waals surface area contributed by atoms with E-state index in [2.05, 4.69) is 20.6 Å². The molecular weight excluding hydrogens is 588 g/mol. The summed E-state index contributed by atoms with van der Waals surface area (Å²) in [6.45, 7) is 1.65. The number of fused-ring (bicyclic) bond motifs is 4. The fourth-order valence-corrected chi connectivity index (χ4v) is 6.12. The highest BCUT2D eigenvalue weighted by Crippen LogP contribution is 2.34. The molecule has 238 valence electrons. The largest absolute Gasteiger partial charge is 0.497 e. The highest BCUT2D eigenvalue weighted by atomic mass is 16.5. The molecule has 0 aliphatic carbocycles. The van der Waals surface area contributed by atoms with Gasteiger partial charge in [0.25, 0.3) is 11.8 Å². The lowest BCUT2D eigenvalue weighted by Crippen LogP contribution is -2.35. The van der Waals surface area contributed by atoms with Crippen LogP contribution in [0.2, 0.25) is 0 Å². The molecule has 12 heteroatoms. The van der Waals surface area contributed by atoms with E-state index in [1.165, 1.54) is 0 Å². The first-order chi connectivity index (χ1) is 22.3. The van der Waals surface area contributed by atoms with Crippen LogP contribution in [-0.4, -0.2) is 98.3 Å². The normalized spacial score (nSPS) is 21.3. The van der Waals surface area contributed by atoms with E-state index in [0.29, 0.717) is 85.9 Å². The maximum Gasteiger partial charge on any atom is 0.257 e. The third-order valence-corrected chi connectivity index (χ3v) is 8.52. The van der Waals surface area contributed by atoms with Crippen LogP contribution in [0.3, 0.4) is 0 Å². The Kier molecular flexibility index (Phi) is 8.95. The van der Waals surface area contributed by atoms with E-state index in [1.54, 1.807) is 85.0 Å². The second-order valence-corrected chi connectivity index (χ2v) is 11.6. The number of methoxy groups -OCH3 is 2. The Hall–Kier alpha value is -5.26. The quantitative estimate of drug-likeness (QED) is 0.324. The first kappa shape index (κ1) is 30.8. The molecule has 2 aromatic carbocycles. The molecule has 0 aromatic heterocycles. The minimum absolute atomic E-state index is 0.133. The number of rotatable bonds is 9. The van der Waals surface area contributed by atoms with Crippen LogP contribution in [0.15, 0.2) is 69.7 Å². The van der Waals surface area contributed by atoms with Crippen molar-refractivity contribution in [2.45, 2.75) is 37.8 Å². The number of unbranched alkanes of at least 4 members (excludes halogenated alkanes) is 1. The number of hydrogen-bond acceptors (Lipinski definition) is 8. The lowest BCUT2D eigenvalue weighted by Gasteiger charge is -2.19. The third-order valence-electron chi connectivity index (χ3n) is 8.52. The number of hydrogen-bond donors (Lipinski definition) is 2. The van der Waals surface area contributed by atoms with Crippen molar-refractivity contribution in [3.63, 3.8) is 0 Å². The van der Waals surface area contributed by atoms with E-state index in [1.807, 2.05) is 0 Å². The summed E-state index contributed by atoms with van der Waals surface area (Å²) in [4.78, 5) is 63.9. The van der Waals surface area contributed by atoms with Crippen molar-refractivity contribution in [1.29, 1.82) is 0 Å². The van der Waals surface area contributed by atoms with E-state index >= 15 is 0 Å². The smallest absolute Gasteiger partial charge is 0.257 e. The van der Waals surface area contributed by atoms with Crippen molar-refractivity contribution < 1.29 is 28.7 Å². The predicted octanol–water partition coefficient (Wildman–Crippen LogP) is 3.13.